The summed E-state index contributed by atoms with van der Waals surface area (Å²) in [4.78, 5) is 10.6. The van der Waals surface area contributed by atoms with Gasteiger partial charge >= 0.3 is 0 Å². The lowest BCUT2D eigenvalue weighted by molar-refractivity contribution is 0.414. The number of fused-ring (bicyclic) bond motifs is 1. The lowest BCUT2D eigenvalue weighted by Gasteiger charge is -2.13. The van der Waals surface area contributed by atoms with Crippen molar-refractivity contribution in [2.45, 2.75) is 12.5 Å². The van der Waals surface area contributed by atoms with E-state index in [9.17, 15) is 0 Å². The van der Waals surface area contributed by atoms with E-state index in [1.54, 1.807) is 6.20 Å². The molecule has 2 N–H and O–H groups in total. The fraction of sp³-hybridized carbons (Fsp3) is 0.500. The van der Waals surface area contributed by atoms with E-state index in [1.807, 2.05) is 0 Å². The Labute approximate surface area is 103 Å². The zero-order chi connectivity index (χ0) is 11.8. The Balaban J connectivity index is 1.91. The number of nitrogens with one attached hydrogen (secondary N) is 2. The number of aromatic amines is 1. The predicted octanol–water partition coefficient (Wildman–Crippen LogP) is 1.12. The Morgan fingerprint density at radius 3 is 3.18 bits per heavy atom. The minimum Gasteiger partial charge on any atom is -0.365 e. The maximum Gasteiger partial charge on any atom is 0.226 e. The molecule has 90 valence electrons. The van der Waals surface area contributed by atoms with E-state index >= 15 is 0 Å². The highest BCUT2D eigenvalue weighted by molar-refractivity contribution is 6.28. The van der Waals surface area contributed by atoms with Crippen molar-refractivity contribution in [1.82, 2.24) is 25.1 Å². The summed E-state index contributed by atoms with van der Waals surface area (Å²) >= 11 is 5.87. The number of likely N-dealkylation sites (tertiary alicyclic amines) is 1. The number of hydrogen-bond acceptors (Lipinski definition) is 5. The van der Waals surface area contributed by atoms with E-state index < -0.39 is 0 Å². The summed E-state index contributed by atoms with van der Waals surface area (Å²) in [6.07, 6.45) is 2.82. The molecule has 1 fully saturated rings. The van der Waals surface area contributed by atoms with Gasteiger partial charge in [-0.2, -0.15) is 15.1 Å². The first kappa shape index (κ1) is 10.7. The van der Waals surface area contributed by atoms with Crippen LogP contribution in [0.15, 0.2) is 6.20 Å². The highest BCUT2D eigenvalue weighted by atomic mass is 35.5. The second kappa shape index (κ2) is 4.12. The largest absolute Gasteiger partial charge is 0.365 e. The summed E-state index contributed by atoms with van der Waals surface area (Å²) in [5, 5.41) is 11.3. The molecule has 7 heteroatoms. The molecule has 17 heavy (non-hydrogen) atoms. The van der Waals surface area contributed by atoms with Gasteiger partial charge in [-0.1, -0.05) is 0 Å². The van der Waals surface area contributed by atoms with Gasteiger partial charge in [0.05, 0.1) is 11.6 Å². The molecule has 0 saturated carbocycles. The van der Waals surface area contributed by atoms with Crippen LogP contribution in [0.25, 0.3) is 11.0 Å². The van der Waals surface area contributed by atoms with Gasteiger partial charge in [0.25, 0.3) is 0 Å². The first-order chi connectivity index (χ1) is 8.22. The number of likely N-dealkylation sites (N-methyl/N-ethyl adjacent to an activating group) is 1. The Bertz CT molecular complexity index is 539. The van der Waals surface area contributed by atoms with Crippen LogP contribution in [0.3, 0.4) is 0 Å². The summed E-state index contributed by atoms with van der Waals surface area (Å²) in [6, 6.07) is 0.407. The maximum atomic E-state index is 5.87. The van der Waals surface area contributed by atoms with Gasteiger partial charge in [0, 0.05) is 12.6 Å². The van der Waals surface area contributed by atoms with Crippen molar-refractivity contribution < 1.29 is 0 Å². The smallest absolute Gasteiger partial charge is 0.226 e. The maximum absolute atomic E-state index is 5.87. The van der Waals surface area contributed by atoms with Crippen molar-refractivity contribution in [1.29, 1.82) is 0 Å². The van der Waals surface area contributed by atoms with Gasteiger partial charge in [0.2, 0.25) is 5.28 Å². The molecular weight excluding hydrogens is 240 g/mol. The fourth-order valence-corrected chi connectivity index (χ4v) is 2.33. The molecule has 0 aliphatic carbocycles. The molecule has 0 aromatic carbocycles. The minimum absolute atomic E-state index is 0.232. The molecule has 6 nitrogen and oxygen atoms in total. The molecule has 0 radical (unpaired) electrons. The van der Waals surface area contributed by atoms with Crippen LogP contribution in [0.4, 0.5) is 5.82 Å². The van der Waals surface area contributed by atoms with Gasteiger partial charge in [-0.25, -0.2) is 0 Å². The molecule has 3 rings (SSSR count). The highest BCUT2D eigenvalue weighted by Gasteiger charge is 2.20. The summed E-state index contributed by atoms with van der Waals surface area (Å²) in [5.41, 5.74) is 0.666. The van der Waals surface area contributed by atoms with Crippen LogP contribution in [0.5, 0.6) is 0 Å². The molecule has 1 saturated heterocycles. The van der Waals surface area contributed by atoms with Gasteiger partial charge in [-0.3, -0.25) is 5.10 Å². The Morgan fingerprint density at radius 2 is 2.41 bits per heavy atom. The van der Waals surface area contributed by atoms with Crippen molar-refractivity contribution in [2.24, 2.45) is 0 Å². The lowest BCUT2D eigenvalue weighted by atomic mass is 10.2. The summed E-state index contributed by atoms with van der Waals surface area (Å²) in [7, 11) is 2.11. The number of halogens is 1. The number of anilines is 1. The lowest BCUT2D eigenvalue weighted by Crippen LogP contribution is -2.24. The van der Waals surface area contributed by atoms with Crippen LogP contribution in [0.1, 0.15) is 6.42 Å². The van der Waals surface area contributed by atoms with Crippen molar-refractivity contribution in [2.75, 3.05) is 25.5 Å². The SMILES string of the molecule is CN1CCC(Nc2nc(Cl)nc3[nH]ncc23)C1. The summed E-state index contributed by atoms with van der Waals surface area (Å²) in [5.74, 6) is 0.758. The normalized spacial score (nSPS) is 21.2. The minimum atomic E-state index is 0.232. The Hall–Kier alpha value is -1.40. The fourth-order valence-electron chi connectivity index (χ4n) is 2.16. The van der Waals surface area contributed by atoms with E-state index in [-0.39, 0.29) is 5.28 Å². The Morgan fingerprint density at radius 1 is 1.53 bits per heavy atom. The van der Waals surface area contributed by atoms with Gasteiger partial charge < -0.3 is 10.2 Å². The zero-order valence-corrected chi connectivity index (χ0v) is 10.2. The molecular formula is C10H13ClN6. The molecule has 0 spiro atoms. The summed E-state index contributed by atoms with van der Waals surface area (Å²) in [6.45, 7) is 2.12. The second-order valence-corrected chi connectivity index (χ2v) is 4.70. The van der Waals surface area contributed by atoms with E-state index in [0.29, 0.717) is 11.7 Å². The molecule has 1 aliphatic heterocycles. The predicted molar refractivity (Wildman–Crippen MR) is 66.2 cm³/mol. The Kier molecular flexibility index (Phi) is 2.60. The molecule has 3 heterocycles. The first-order valence-corrected chi connectivity index (χ1v) is 5.92. The van der Waals surface area contributed by atoms with Crippen LogP contribution in [0.2, 0.25) is 5.28 Å². The van der Waals surface area contributed by atoms with Crippen LogP contribution in [0, 0.1) is 0 Å². The number of nitrogens with zero attached hydrogens (tertiary/aromatic N) is 4. The molecule has 2 aromatic rings. The average molecular weight is 253 g/mol. The number of rotatable bonds is 2. The quantitative estimate of drug-likeness (QED) is 0.784. The van der Waals surface area contributed by atoms with Crippen molar-refractivity contribution in [3.05, 3.63) is 11.5 Å². The van der Waals surface area contributed by atoms with Crippen molar-refractivity contribution in [3.8, 4) is 0 Å². The molecule has 2 aromatic heterocycles. The van der Waals surface area contributed by atoms with Crippen LogP contribution < -0.4 is 5.32 Å². The third-order valence-electron chi connectivity index (χ3n) is 3.01. The van der Waals surface area contributed by atoms with Gasteiger partial charge in [-0.15, -0.1) is 0 Å². The van der Waals surface area contributed by atoms with Crippen molar-refractivity contribution >= 4 is 28.5 Å². The number of hydrogen-bond donors (Lipinski definition) is 2. The number of H-pyrrole nitrogens is 1. The molecule has 1 atom stereocenters. The first-order valence-electron chi connectivity index (χ1n) is 5.54. The molecule has 1 unspecified atom stereocenters. The van der Waals surface area contributed by atoms with E-state index in [2.05, 4.69) is 37.4 Å². The number of aromatic nitrogens is 4. The topological polar surface area (TPSA) is 69.7 Å². The van der Waals surface area contributed by atoms with Gasteiger partial charge in [0.15, 0.2) is 5.65 Å². The summed E-state index contributed by atoms with van der Waals surface area (Å²) < 4.78 is 0. The van der Waals surface area contributed by atoms with Gasteiger partial charge in [0.1, 0.15) is 5.82 Å². The second-order valence-electron chi connectivity index (χ2n) is 4.37. The van der Waals surface area contributed by atoms with Crippen LogP contribution in [-0.4, -0.2) is 51.2 Å². The van der Waals surface area contributed by atoms with Gasteiger partial charge in [-0.05, 0) is 31.6 Å². The van der Waals surface area contributed by atoms with Crippen LogP contribution >= 0.6 is 11.6 Å². The standard InChI is InChI=1S/C10H13ClN6/c1-17-3-2-6(5-17)13-8-7-4-12-16-9(7)15-10(11)14-8/h4,6H,2-3,5H2,1H3,(H2,12,13,14,15,16). The van der Waals surface area contributed by atoms with E-state index in [4.69, 9.17) is 11.6 Å². The van der Waals surface area contributed by atoms with E-state index in [1.165, 1.54) is 0 Å². The third-order valence-corrected chi connectivity index (χ3v) is 3.18. The average Bonchev–Trinajstić information content (AvgIpc) is 2.87. The highest BCUT2D eigenvalue weighted by Crippen LogP contribution is 2.22. The molecule has 0 bridgehead atoms. The zero-order valence-electron chi connectivity index (χ0n) is 9.44. The van der Waals surface area contributed by atoms with Crippen LogP contribution in [-0.2, 0) is 0 Å². The monoisotopic (exact) mass is 252 g/mol. The third kappa shape index (κ3) is 2.05. The molecule has 0 amide bonds. The van der Waals surface area contributed by atoms with Crippen molar-refractivity contribution in [3.63, 3.8) is 0 Å². The molecule has 1 aliphatic rings. The van der Waals surface area contributed by atoms with E-state index in [0.717, 1.165) is 30.7 Å².